The Labute approximate surface area is 119 Å². The van der Waals surface area contributed by atoms with Crippen LogP contribution in [0.5, 0.6) is 11.5 Å². The summed E-state index contributed by atoms with van der Waals surface area (Å²) in [5.74, 6) is -1.73. The fourth-order valence-corrected chi connectivity index (χ4v) is 1.74. The molecule has 0 atom stereocenters. The number of anilines is 1. The Kier molecular flexibility index (Phi) is 4.32. The summed E-state index contributed by atoms with van der Waals surface area (Å²) >= 11 is 0. The molecule has 0 amide bonds. The molecular weight excluding hydrogens is 282 g/mol. The van der Waals surface area contributed by atoms with Gasteiger partial charge in [0, 0.05) is 30.4 Å². The summed E-state index contributed by atoms with van der Waals surface area (Å²) in [6, 6.07) is 6.86. The van der Waals surface area contributed by atoms with Gasteiger partial charge in [0.2, 0.25) is 0 Å². The Morgan fingerprint density at radius 3 is 2.62 bits per heavy atom. The molecule has 0 aliphatic heterocycles. The van der Waals surface area contributed by atoms with Crippen LogP contribution in [0.4, 0.5) is 20.2 Å². The maximum Gasteiger partial charge on any atom is 0.275 e. The van der Waals surface area contributed by atoms with Crippen LogP contribution in [0.3, 0.4) is 0 Å². The molecule has 0 fully saturated rings. The highest BCUT2D eigenvalue weighted by Gasteiger charge is 2.13. The van der Waals surface area contributed by atoms with Crippen molar-refractivity contribution in [3.8, 4) is 11.5 Å². The number of nitro groups is 1. The van der Waals surface area contributed by atoms with Crippen molar-refractivity contribution < 1.29 is 18.4 Å². The molecule has 1 N–H and O–H groups in total. The SMILES string of the molecule is CCNc1cc(Oc2ccc(F)cc2F)cc([N+](=O)[O-])c1. The van der Waals surface area contributed by atoms with Crippen molar-refractivity contribution in [3.63, 3.8) is 0 Å². The Morgan fingerprint density at radius 2 is 2.00 bits per heavy atom. The van der Waals surface area contributed by atoms with E-state index in [1.165, 1.54) is 18.2 Å². The Hall–Kier alpha value is -2.70. The zero-order valence-electron chi connectivity index (χ0n) is 11.1. The molecule has 0 saturated heterocycles. The molecule has 0 aromatic heterocycles. The summed E-state index contributed by atoms with van der Waals surface area (Å²) in [7, 11) is 0. The lowest BCUT2D eigenvalue weighted by Crippen LogP contribution is -1.99. The van der Waals surface area contributed by atoms with E-state index in [4.69, 9.17) is 4.74 Å². The van der Waals surface area contributed by atoms with Crippen LogP contribution in [0.15, 0.2) is 36.4 Å². The average Bonchev–Trinajstić information content (AvgIpc) is 2.42. The molecule has 7 heteroatoms. The van der Waals surface area contributed by atoms with E-state index >= 15 is 0 Å². The maximum absolute atomic E-state index is 13.5. The van der Waals surface area contributed by atoms with E-state index in [-0.39, 0.29) is 17.2 Å². The standard InChI is InChI=1S/C14H12F2N2O3/c1-2-17-10-6-11(18(19)20)8-12(7-10)21-14-4-3-9(15)5-13(14)16/h3-8,17H,2H2,1H3. The summed E-state index contributed by atoms with van der Waals surface area (Å²) in [5.41, 5.74) is 0.287. The molecule has 0 aliphatic carbocycles. The van der Waals surface area contributed by atoms with Crippen LogP contribution in [0.2, 0.25) is 0 Å². The summed E-state index contributed by atoms with van der Waals surface area (Å²) in [6.45, 7) is 2.39. The number of halogens is 2. The van der Waals surface area contributed by atoms with Gasteiger partial charge in [0.1, 0.15) is 11.6 Å². The molecule has 5 nitrogen and oxygen atoms in total. The van der Waals surface area contributed by atoms with Crippen molar-refractivity contribution in [2.75, 3.05) is 11.9 Å². The van der Waals surface area contributed by atoms with Crippen molar-refractivity contribution in [1.29, 1.82) is 0 Å². The lowest BCUT2D eigenvalue weighted by Gasteiger charge is -2.09. The van der Waals surface area contributed by atoms with Crippen LogP contribution in [0.1, 0.15) is 6.92 Å². The number of nitro benzene ring substituents is 1. The minimum atomic E-state index is -0.883. The van der Waals surface area contributed by atoms with E-state index in [1.54, 1.807) is 0 Å². The molecule has 2 rings (SSSR count). The van der Waals surface area contributed by atoms with Gasteiger partial charge in [-0.25, -0.2) is 8.78 Å². The van der Waals surface area contributed by atoms with E-state index in [1.807, 2.05) is 6.92 Å². The first kappa shape index (κ1) is 14.7. The molecule has 0 unspecified atom stereocenters. The number of nitrogens with zero attached hydrogens (tertiary/aromatic N) is 1. The number of rotatable bonds is 5. The summed E-state index contributed by atoms with van der Waals surface area (Å²) in [4.78, 5) is 10.3. The van der Waals surface area contributed by atoms with Gasteiger partial charge in [-0.15, -0.1) is 0 Å². The van der Waals surface area contributed by atoms with Crippen LogP contribution in [-0.2, 0) is 0 Å². The van der Waals surface area contributed by atoms with Crippen molar-refractivity contribution in [1.82, 2.24) is 0 Å². The van der Waals surface area contributed by atoms with Crippen LogP contribution < -0.4 is 10.1 Å². The number of benzene rings is 2. The highest BCUT2D eigenvalue weighted by Crippen LogP contribution is 2.31. The normalized spacial score (nSPS) is 10.2. The van der Waals surface area contributed by atoms with Gasteiger partial charge in [-0.2, -0.15) is 0 Å². The fraction of sp³-hybridized carbons (Fsp3) is 0.143. The predicted octanol–water partition coefficient (Wildman–Crippen LogP) is 4.10. The van der Waals surface area contributed by atoms with Gasteiger partial charge >= 0.3 is 0 Å². The smallest absolute Gasteiger partial charge is 0.275 e. The Balaban J connectivity index is 2.36. The van der Waals surface area contributed by atoms with E-state index in [2.05, 4.69) is 5.32 Å². The lowest BCUT2D eigenvalue weighted by molar-refractivity contribution is -0.384. The van der Waals surface area contributed by atoms with E-state index in [0.29, 0.717) is 18.3 Å². The second kappa shape index (κ2) is 6.17. The van der Waals surface area contributed by atoms with Gasteiger partial charge in [0.15, 0.2) is 11.6 Å². The molecule has 0 bridgehead atoms. The van der Waals surface area contributed by atoms with Gasteiger partial charge in [0.25, 0.3) is 5.69 Å². The van der Waals surface area contributed by atoms with Crippen molar-refractivity contribution in [2.24, 2.45) is 0 Å². The molecule has 21 heavy (non-hydrogen) atoms. The van der Waals surface area contributed by atoms with Gasteiger partial charge in [-0.3, -0.25) is 10.1 Å². The first-order valence-electron chi connectivity index (χ1n) is 6.16. The van der Waals surface area contributed by atoms with Crippen molar-refractivity contribution in [2.45, 2.75) is 6.92 Å². The largest absolute Gasteiger partial charge is 0.454 e. The van der Waals surface area contributed by atoms with Crippen molar-refractivity contribution >= 4 is 11.4 Å². The second-order valence-electron chi connectivity index (χ2n) is 4.18. The first-order valence-corrected chi connectivity index (χ1v) is 6.16. The van der Waals surface area contributed by atoms with E-state index in [0.717, 1.165) is 12.1 Å². The number of ether oxygens (including phenoxy) is 1. The number of non-ortho nitro benzene ring substituents is 1. The first-order chi connectivity index (χ1) is 9.99. The highest BCUT2D eigenvalue weighted by molar-refractivity contribution is 5.57. The molecule has 0 saturated carbocycles. The number of nitrogens with one attached hydrogen (secondary N) is 1. The molecule has 2 aromatic carbocycles. The third-order valence-electron chi connectivity index (χ3n) is 2.60. The molecule has 0 spiro atoms. The Morgan fingerprint density at radius 1 is 1.24 bits per heavy atom. The molecular formula is C14H12F2N2O3. The zero-order chi connectivity index (χ0) is 15.4. The Bertz CT molecular complexity index is 677. The zero-order valence-corrected chi connectivity index (χ0v) is 11.1. The third-order valence-corrected chi connectivity index (χ3v) is 2.60. The van der Waals surface area contributed by atoms with Gasteiger partial charge in [-0.1, -0.05) is 0 Å². The van der Waals surface area contributed by atoms with Crippen LogP contribution in [0, 0.1) is 21.7 Å². The highest BCUT2D eigenvalue weighted by atomic mass is 19.1. The number of hydrogen-bond acceptors (Lipinski definition) is 4. The predicted molar refractivity (Wildman–Crippen MR) is 73.7 cm³/mol. The third kappa shape index (κ3) is 3.65. The quantitative estimate of drug-likeness (QED) is 0.666. The summed E-state index contributed by atoms with van der Waals surface area (Å²) in [6.07, 6.45) is 0. The second-order valence-corrected chi connectivity index (χ2v) is 4.18. The fourth-order valence-electron chi connectivity index (χ4n) is 1.74. The lowest BCUT2D eigenvalue weighted by atomic mass is 10.2. The molecule has 110 valence electrons. The molecule has 0 heterocycles. The van der Waals surface area contributed by atoms with Crippen LogP contribution >= 0.6 is 0 Å². The minimum Gasteiger partial charge on any atom is -0.454 e. The number of hydrogen-bond donors (Lipinski definition) is 1. The molecule has 0 radical (unpaired) electrons. The topological polar surface area (TPSA) is 64.4 Å². The van der Waals surface area contributed by atoms with Crippen LogP contribution in [-0.4, -0.2) is 11.5 Å². The van der Waals surface area contributed by atoms with Crippen LogP contribution in [0.25, 0.3) is 0 Å². The van der Waals surface area contributed by atoms with E-state index < -0.39 is 16.6 Å². The van der Waals surface area contributed by atoms with Crippen molar-refractivity contribution in [3.05, 3.63) is 58.1 Å². The average molecular weight is 294 g/mol. The maximum atomic E-state index is 13.5. The molecule has 2 aromatic rings. The van der Waals surface area contributed by atoms with Gasteiger partial charge < -0.3 is 10.1 Å². The summed E-state index contributed by atoms with van der Waals surface area (Å²) < 4.78 is 31.6. The minimum absolute atomic E-state index is 0.0886. The van der Waals surface area contributed by atoms with E-state index in [9.17, 15) is 18.9 Å². The van der Waals surface area contributed by atoms with Gasteiger partial charge in [0.05, 0.1) is 11.0 Å². The van der Waals surface area contributed by atoms with Gasteiger partial charge in [-0.05, 0) is 19.1 Å². The summed E-state index contributed by atoms with van der Waals surface area (Å²) in [5, 5.41) is 13.8. The monoisotopic (exact) mass is 294 g/mol. The molecule has 0 aliphatic rings.